The molecule has 130 valence electrons. The zero-order valence-corrected chi connectivity index (χ0v) is 15.1. The molecule has 0 atom stereocenters. The van der Waals surface area contributed by atoms with E-state index in [1.54, 1.807) is 0 Å². The molecular formula is C20H38O2. The molecule has 0 amide bonds. The first-order valence-electron chi connectivity index (χ1n) is 9.55. The number of carbonyl (C=O) groups is 1. The van der Waals surface area contributed by atoms with Crippen LogP contribution in [-0.4, -0.2) is 12.6 Å². The number of hydrogen-bond acceptors (Lipinski definition) is 2. The monoisotopic (exact) mass is 310 g/mol. The van der Waals surface area contributed by atoms with Gasteiger partial charge in [-0.3, -0.25) is 4.79 Å². The smallest absolute Gasteiger partial charge is 0.302 e. The van der Waals surface area contributed by atoms with Crippen molar-refractivity contribution >= 4 is 5.97 Å². The lowest BCUT2D eigenvalue weighted by atomic mass is 10.1. The van der Waals surface area contributed by atoms with Gasteiger partial charge in [0.15, 0.2) is 0 Å². The van der Waals surface area contributed by atoms with Crippen LogP contribution in [0.4, 0.5) is 0 Å². The summed E-state index contributed by atoms with van der Waals surface area (Å²) >= 11 is 0. The van der Waals surface area contributed by atoms with Crippen LogP contribution in [0.15, 0.2) is 12.2 Å². The van der Waals surface area contributed by atoms with E-state index < -0.39 is 0 Å². The fourth-order valence-electron chi connectivity index (χ4n) is 2.57. The third-order valence-corrected chi connectivity index (χ3v) is 3.96. The lowest BCUT2D eigenvalue weighted by Crippen LogP contribution is -1.99. The van der Waals surface area contributed by atoms with Gasteiger partial charge in [-0.25, -0.2) is 0 Å². The maximum Gasteiger partial charge on any atom is 0.302 e. The van der Waals surface area contributed by atoms with Gasteiger partial charge in [0.25, 0.3) is 0 Å². The summed E-state index contributed by atoms with van der Waals surface area (Å²) in [6, 6.07) is 0. The number of hydrogen-bond donors (Lipinski definition) is 0. The highest BCUT2D eigenvalue weighted by Gasteiger charge is 1.93. The SMILES string of the molecule is CCCCCCCCCC/C=C\CCCCCCOC(C)=O. The van der Waals surface area contributed by atoms with E-state index in [4.69, 9.17) is 4.74 Å². The number of carbonyl (C=O) groups excluding carboxylic acids is 1. The highest BCUT2D eigenvalue weighted by Crippen LogP contribution is 2.10. The minimum absolute atomic E-state index is 0.163. The Morgan fingerprint density at radius 3 is 1.68 bits per heavy atom. The highest BCUT2D eigenvalue weighted by molar-refractivity contribution is 5.65. The molecule has 0 saturated heterocycles. The van der Waals surface area contributed by atoms with Crippen LogP contribution in [0.1, 0.15) is 104 Å². The molecule has 0 aromatic heterocycles. The van der Waals surface area contributed by atoms with Crippen molar-refractivity contribution in [2.24, 2.45) is 0 Å². The van der Waals surface area contributed by atoms with E-state index >= 15 is 0 Å². The van der Waals surface area contributed by atoms with Crippen LogP contribution in [0.5, 0.6) is 0 Å². The number of allylic oxidation sites excluding steroid dienone is 2. The van der Waals surface area contributed by atoms with Crippen LogP contribution in [0.25, 0.3) is 0 Å². The third kappa shape index (κ3) is 19.2. The Labute approximate surface area is 138 Å². The Bertz CT molecular complexity index is 258. The van der Waals surface area contributed by atoms with Crippen molar-refractivity contribution in [3.05, 3.63) is 12.2 Å². The molecule has 2 nitrogen and oxygen atoms in total. The van der Waals surface area contributed by atoms with Gasteiger partial charge in [0.05, 0.1) is 6.61 Å². The van der Waals surface area contributed by atoms with Gasteiger partial charge in [-0.2, -0.15) is 0 Å². The van der Waals surface area contributed by atoms with Crippen molar-refractivity contribution in [2.45, 2.75) is 104 Å². The van der Waals surface area contributed by atoms with E-state index in [2.05, 4.69) is 19.1 Å². The van der Waals surface area contributed by atoms with Crippen molar-refractivity contribution in [1.29, 1.82) is 0 Å². The average molecular weight is 311 g/mol. The summed E-state index contributed by atoms with van der Waals surface area (Å²) < 4.78 is 4.91. The van der Waals surface area contributed by atoms with E-state index in [1.165, 1.54) is 90.4 Å². The first-order valence-corrected chi connectivity index (χ1v) is 9.55. The molecule has 2 heteroatoms. The molecule has 0 rings (SSSR count). The molecule has 0 heterocycles. The van der Waals surface area contributed by atoms with E-state index in [1.807, 2.05) is 0 Å². The summed E-state index contributed by atoms with van der Waals surface area (Å²) in [7, 11) is 0. The lowest BCUT2D eigenvalue weighted by Gasteiger charge is -2.01. The van der Waals surface area contributed by atoms with Crippen LogP contribution < -0.4 is 0 Å². The summed E-state index contributed by atoms with van der Waals surface area (Å²) in [5, 5.41) is 0. The molecule has 0 aromatic carbocycles. The topological polar surface area (TPSA) is 26.3 Å². The Kier molecular flexibility index (Phi) is 17.6. The molecule has 0 spiro atoms. The first-order chi connectivity index (χ1) is 10.8. The Hall–Kier alpha value is -0.790. The summed E-state index contributed by atoms with van der Waals surface area (Å²) in [5.41, 5.74) is 0. The largest absolute Gasteiger partial charge is 0.466 e. The zero-order chi connectivity index (χ0) is 16.3. The van der Waals surface area contributed by atoms with Gasteiger partial charge < -0.3 is 4.74 Å². The Morgan fingerprint density at radius 2 is 1.18 bits per heavy atom. The molecule has 0 bridgehead atoms. The highest BCUT2D eigenvalue weighted by atomic mass is 16.5. The third-order valence-electron chi connectivity index (χ3n) is 3.96. The van der Waals surface area contributed by atoms with Gasteiger partial charge in [-0.15, -0.1) is 0 Å². The molecule has 0 aromatic rings. The average Bonchev–Trinajstić information content (AvgIpc) is 2.50. The van der Waals surface area contributed by atoms with Crippen molar-refractivity contribution in [3.63, 3.8) is 0 Å². The molecule has 0 aliphatic carbocycles. The molecular weight excluding hydrogens is 272 g/mol. The van der Waals surface area contributed by atoms with Crippen molar-refractivity contribution in [1.82, 2.24) is 0 Å². The summed E-state index contributed by atoms with van der Waals surface area (Å²) in [6.07, 6.45) is 23.0. The van der Waals surface area contributed by atoms with Crippen molar-refractivity contribution in [3.8, 4) is 0 Å². The van der Waals surface area contributed by atoms with E-state index in [0.717, 1.165) is 6.42 Å². The summed E-state index contributed by atoms with van der Waals surface area (Å²) in [5.74, 6) is -0.163. The summed E-state index contributed by atoms with van der Waals surface area (Å²) in [6.45, 7) is 4.33. The molecule has 0 unspecified atom stereocenters. The van der Waals surface area contributed by atoms with Gasteiger partial charge >= 0.3 is 5.97 Å². The van der Waals surface area contributed by atoms with Crippen LogP contribution >= 0.6 is 0 Å². The normalized spacial score (nSPS) is 11.2. The maximum atomic E-state index is 10.6. The molecule has 0 aliphatic rings. The van der Waals surface area contributed by atoms with Gasteiger partial charge in [-0.05, 0) is 32.1 Å². The number of unbranched alkanes of at least 4 members (excludes halogenated alkanes) is 12. The molecule has 0 N–H and O–H groups in total. The fraction of sp³-hybridized carbons (Fsp3) is 0.850. The lowest BCUT2D eigenvalue weighted by molar-refractivity contribution is -0.141. The molecule has 0 fully saturated rings. The first kappa shape index (κ1) is 21.2. The molecule has 0 saturated carbocycles. The number of esters is 1. The van der Waals surface area contributed by atoms with Crippen molar-refractivity contribution in [2.75, 3.05) is 6.61 Å². The quantitative estimate of drug-likeness (QED) is 0.183. The predicted molar refractivity (Wildman–Crippen MR) is 96.1 cm³/mol. The second-order valence-electron chi connectivity index (χ2n) is 6.28. The van der Waals surface area contributed by atoms with E-state index in [0.29, 0.717) is 6.61 Å². The van der Waals surface area contributed by atoms with E-state index in [9.17, 15) is 4.79 Å². The van der Waals surface area contributed by atoms with Gasteiger partial charge in [0, 0.05) is 6.92 Å². The predicted octanol–water partition coefficient (Wildman–Crippen LogP) is 6.59. The zero-order valence-electron chi connectivity index (χ0n) is 15.1. The van der Waals surface area contributed by atoms with Crippen molar-refractivity contribution < 1.29 is 9.53 Å². The second kappa shape index (κ2) is 18.3. The summed E-state index contributed by atoms with van der Waals surface area (Å²) in [4.78, 5) is 10.6. The number of ether oxygens (including phenoxy) is 1. The molecule has 0 aliphatic heterocycles. The van der Waals surface area contributed by atoms with Gasteiger partial charge in [0.1, 0.15) is 0 Å². The fourth-order valence-corrected chi connectivity index (χ4v) is 2.57. The van der Waals surface area contributed by atoms with E-state index in [-0.39, 0.29) is 5.97 Å². The van der Waals surface area contributed by atoms with Gasteiger partial charge in [0.2, 0.25) is 0 Å². The van der Waals surface area contributed by atoms with Crippen LogP contribution in [0.2, 0.25) is 0 Å². The minimum atomic E-state index is -0.163. The van der Waals surface area contributed by atoms with Crippen LogP contribution in [0.3, 0.4) is 0 Å². The maximum absolute atomic E-state index is 10.6. The van der Waals surface area contributed by atoms with Gasteiger partial charge in [-0.1, -0.05) is 76.9 Å². The molecule has 0 radical (unpaired) electrons. The second-order valence-corrected chi connectivity index (χ2v) is 6.28. The standard InChI is InChI=1S/C20H38O2/c1-3-4-5-6-7-8-9-10-11-12-13-14-15-16-17-18-19-22-20(2)21/h12-13H,3-11,14-19H2,1-2H3/b13-12-. The minimum Gasteiger partial charge on any atom is -0.466 e. The van der Waals surface area contributed by atoms with Crippen LogP contribution in [-0.2, 0) is 9.53 Å². The Morgan fingerprint density at radius 1 is 0.727 bits per heavy atom. The van der Waals surface area contributed by atoms with Crippen LogP contribution in [0, 0.1) is 0 Å². The number of rotatable bonds is 16. The molecule has 22 heavy (non-hydrogen) atoms. The Balaban J connectivity index is 3.07.